The molecule has 0 aliphatic heterocycles. The largest absolute Gasteiger partial charge is 0.508 e. The normalized spacial score (nSPS) is 10.2. The number of anilines is 1. The van der Waals surface area contributed by atoms with Crippen molar-refractivity contribution in [1.82, 2.24) is 10.3 Å². The number of aromatic nitrogens is 1. The van der Waals surface area contributed by atoms with E-state index in [1.54, 1.807) is 35.4 Å². The maximum atomic E-state index is 12.2. The summed E-state index contributed by atoms with van der Waals surface area (Å²) in [6.45, 7) is 0.457. The number of hydrogen-bond donors (Lipinski definition) is 2. The molecule has 0 fully saturated rings. The lowest BCUT2D eigenvalue weighted by Gasteiger charge is -2.15. The number of nitrogens with zero attached hydrogens (tertiary/aromatic N) is 2. The van der Waals surface area contributed by atoms with Gasteiger partial charge in [0, 0.05) is 26.8 Å². The first-order valence-electron chi connectivity index (χ1n) is 6.77. The van der Waals surface area contributed by atoms with Crippen LogP contribution in [-0.4, -0.2) is 36.6 Å². The van der Waals surface area contributed by atoms with Crippen LogP contribution in [0.3, 0.4) is 0 Å². The molecule has 1 heterocycles. The molecule has 1 aromatic carbocycles. The minimum atomic E-state index is -0.165. The van der Waals surface area contributed by atoms with Gasteiger partial charge in [0.05, 0.1) is 5.56 Å². The summed E-state index contributed by atoms with van der Waals surface area (Å²) in [4.78, 5) is 18.2. The monoisotopic (exact) mass is 285 g/mol. The molecule has 0 unspecified atom stereocenters. The second-order valence-electron chi connectivity index (χ2n) is 4.90. The van der Waals surface area contributed by atoms with Crippen molar-refractivity contribution < 1.29 is 9.90 Å². The average Bonchev–Trinajstić information content (AvgIpc) is 2.49. The molecule has 0 aliphatic rings. The van der Waals surface area contributed by atoms with E-state index in [-0.39, 0.29) is 11.7 Å². The van der Waals surface area contributed by atoms with Crippen molar-refractivity contribution in [3.05, 3.63) is 53.7 Å². The number of carbonyl (C=O) groups excluding carboxylic acids is 1. The molecule has 2 aromatic rings. The lowest BCUT2D eigenvalue weighted by molar-refractivity contribution is 0.0954. The summed E-state index contributed by atoms with van der Waals surface area (Å²) >= 11 is 0. The van der Waals surface area contributed by atoms with Gasteiger partial charge >= 0.3 is 0 Å². The number of amides is 1. The first-order valence-corrected chi connectivity index (χ1v) is 6.77. The van der Waals surface area contributed by atoms with E-state index in [9.17, 15) is 9.90 Å². The predicted molar refractivity (Wildman–Crippen MR) is 82.7 cm³/mol. The molecule has 2 rings (SSSR count). The molecular weight excluding hydrogens is 266 g/mol. The summed E-state index contributed by atoms with van der Waals surface area (Å²) in [5.41, 5.74) is 1.36. The van der Waals surface area contributed by atoms with Crippen molar-refractivity contribution in [1.29, 1.82) is 0 Å². The third-order valence-corrected chi connectivity index (χ3v) is 3.13. The molecule has 1 amide bonds. The van der Waals surface area contributed by atoms with E-state index in [0.717, 1.165) is 5.56 Å². The van der Waals surface area contributed by atoms with Gasteiger partial charge in [0.2, 0.25) is 0 Å². The summed E-state index contributed by atoms with van der Waals surface area (Å²) in [5.74, 6) is 0.724. The van der Waals surface area contributed by atoms with Gasteiger partial charge in [-0.15, -0.1) is 0 Å². The molecule has 110 valence electrons. The van der Waals surface area contributed by atoms with Crippen LogP contribution >= 0.6 is 0 Å². The van der Waals surface area contributed by atoms with E-state index in [0.29, 0.717) is 24.3 Å². The Balaban J connectivity index is 1.98. The van der Waals surface area contributed by atoms with E-state index in [4.69, 9.17) is 0 Å². The van der Waals surface area contributed by atoms with Crippen LogP contribution in [0.25, 0.3) is 0 Å². The maximum absolute atomic E-state index is 12.2. The topological polar surface area (TPSA) is 65.5 Å². The van der Waals surface area contributed by atoms with Crippen molar-refractivity contribution in [2.45, 2.75) is 6.42 Å². The molecule has 0 radical (unpaired) electrons. The van der Waals surface area contributed by atoms with Crippen LogP contribution < -0.4 is 10.2 Å². The molecule has 0 aliphatic carbocycles. The van der Waals surface area contributed by atoms with Gasteiger partial charge in [-0.1, -0.05) is 18.2 Å². The molecular formula is C16H19N3O2. The van der Waals surface area contributed by atoms with Crippen LogP contribution in [0.1, 0.15) is 15.9 Å². The summed E-state index contributed by atoms with van der Waals surface area (Å²) in [6.07, 6.45) is 2.24. The quantitative estimate of drug-likeness (QED) is 0.879. The van der Waals surface area contributed by atoms with Gasteiger partial charge in [-0.2, -0.15) is 0 Å². The third-order valence-electron chi connectivity index (χ3n) is 3.13. The van der Waals surface area contributed by atoms with Gasteiger partial charge in [0.25, 0.3) is 5.91 Å². The molecule has 0 spiro atoms. The molecule has 5 heteroatoms. The molecule has 0 atom stereocenters. The number of phenolic OH excluding ortho intramolecular Hbond substituents is 1. The minimum Gasteiger partial charge on any atom is -0.508 e. The third kappa shape index (κ3) is 3.72. The first-order chi connectivity index (χ1) is 10.1. The van der Waals surface area contributed by atoms with Crippen LogP contribution in [0.5, 0.6) is 5.75 Å². The molecule has 1 aromatic heterocycles. The zero-order valence-electron chi connectivity index (χ0n) is 12.2. The Morgan fingerprint density at radius 3 is 2.71 bits per heavy atom. The first kappa shape index (κ1) is 14.8. The number of benzene rings is 1. The molecule has 2 N–H and O–H groups in total. The van der Waals surface area contributed by atoms with Crippen molar-refractivity contribution in [3.8, 4) is 5.75 Å². The summed E-state index contributed by atoms with van der Waals surface area (Å²) in [7, 11) is 3.70. The number of para-hydroxylation sites is 1. The number of rotatable bonds is 5. The fraction of sp³-hybridized carbons (Fsp3) is 0.250. The van der Waals surface area contributed by atoms with Crippen molar-refractivity contribution in [2.24, 2.45) is 0 Å². The fourth-order valence-electron chi connectivity index (χ4n) is 2.06. The van der Waals surface area contributed by atoms with E-state index < -0.39 is 0 Å². The van der Waals surface area contributed by atoms with Gasteiger partial charge < -0.3 is 15.3 Å². The molecule has 21 heavy (non-hydrogen) atoms. The Morgan fingerprint density at radius 1 is 1.24 bits per heavy atom. The number of pyridine rings is 1. The van der Waals surface area contributed by atoms with Crippen molar-refractivity contribution >= 4 is 11.7 Å². The second-order valence-corrected chi connectivity index (χ2v) is 4.90. The minimum absolute atomic E-state index is 0.165. The second kappa shape index (κ2) is 6.74. The Bertz CT molecular complexity index is 626. The molecule has 5 nitrogen and oxygen atoms in total. The van der Waals surface area contributed by atoms with Crippen molar-refractivity contribution in [2.75, 3.05) is 25.5 Å². The lowest BCUT2D eigenvalue weighted by atomic mass is 10.1. The average molecular weight is 285 g/mol. The van der Waals surface area contributed by atoms with E-state index in [2.05, 4.69) is 10.3 Å². The highest BCUT2D eigenvalue weighted by Gasteiger charge is 2.13. The van der Waals surface area contributed by atoms with Crippen LogP contribution in [0, 0.1) is 0 Å². The summed E-state index contributed by atoms with van der Waals surface area (Å²) in [6, 6.07) is 10.6. The van der Waals surface area contributed by atoms with Gasteiger partial charge in [-0.25, -0.2) is 4.98 Å². The van der Waals surface area contributed by atoms with Crippen LogP contribution in [0.4, 0.5) is 5.82 Å². The Labute approximate surface area is 124 Å². The number of carbonyl (C=O) groups is 1. The highest BCUT2D eigenvalue weighted by molar-refractivity contribution is 5.98. The van der Waals surface area contributed by atoms with E-state index in [1.807, 2.05) is 26.2 Å². The fourth-order valence-corrected chi connectivity index (χ4v) is 2.06. The van der Waals surface area contributed by atoms with Crippen LogP contribution in [0.2, 0.25) is 0 Å². The number of hydrogen-bond acceptors (Lipinski definition) is 4. The van der Waals surface area contributed by atoms with Gasteiger partial charge in [-0.05, 0) is 30.2 Å². The Kier molecular flexibility index (Phi) is 4.77. The van der Waals surface area contributed by atoms with Gasteiger partial charge in [-0.3, -0.25) is 4.79 Å². The Hall–Kier alpha value is -2.56. The molecule has 0 bridgehead atoms. The number of nitrogens with one attached hydrogen (secondary N) is 1. The van der Waals surface area contributed by atoms with Crippen LogP contribution in [-0.2, 0) is 6.42 Å². The Morgan fingerprint density at radius 2 is 2.00 bits per heavy atom. The molecule has 0 saturated carbocycles. The predicted octanol–water partition coefficient (Wildman–Crippen LogP) is 1.83. The van der Waals surface area contributed by atoms with Gasteiger partial charge in [0.15, 0.2) is 0 Å². The van der Waals surface area contributed by atoms with E-state index >= 15 is 0 Å². The standard InChI is InChI=1S/C16H19N3O2/c1-19(2)15-13(7-5-10-17-15)16(21)18-11-9-12-6-3-4-8-14(12)20/h3-8,10,20H,9,11H2,1-2H3,(H,18,21). The number of aromatic hydroxyl groups is 1. The zero-order valence-corrected chi connectivity index (χ0v) is 12.2. The number of phenols is 1. The SMILES string of the molecule is CN(C)c1ncccc1C(=O)NCCc1ccccc1O. The molecule has 0 saturated heterocycles. The lowest BCUT2D eigenvalue weighted by Crippen LogP contribution is -2.28. The summed E-state index contributed by atoms with van der Waals surface area (Å²) < 4.78 is 0. The van der Waals surface area contributed by atoms with Crippen LogP contribution in [0.15, 0.2) is 42.6 Å². The van der Waals surface area contributed by atoms with Gasteiger partial charge in [0.1, 0.15) is 11.6 Å². The highest BCUT2D eigenvalue weighted by atomic mass is 16.3. The van der Waals surface area contributed by atoms with Crippen molar-refractivity contribution in [3.63, 3.8) is 0 Å². The maximum Gasteiger partial charge on any atom is 0.255 e. The zero-order chi connectivity index (χ0) is 15.2. The van der Waals surface area contributed by atoms with E-state index in [1.165, 1.54) is 0 Å². The summed E-state index contributed by atoms with van der Waals surface area (Å²) in [5, 5.41) is 12.5. The smallest absolute Gasteiger partial charge is 0.255 e. The highest BCUT2D eigenvalue weighted by Crippen LogP contribution is 2.16.